The van der Waals surface area contributed by atoms with Gasteiger partial charge >= 0.3 is 0 Å². The van der Waals surface area contributed by atoms with Crippen LogP contribution in [0.15, 0.2) is 16.6 Å². The Balaban J connectivity index is 0.000000704. The summed E-state index contributed by atoms with van der Waals surface area (Å²) in [5.41, 5.74) is 1.60. The highest BCUT2D eigenvalue weighted by molar-refractivity contribution is 9.10. The van der Waals surface area contributed by atoms with Gasteiger partial charge in [-0.3, -0.25) is 4.68 Å². The molecule has 1 atom stereocenters. The summed E-state index contributed by atoms with van der Waals surface area (Å²) in [5, 5.41) is 5.08. The Labute approximate surface area is 127 Å². The topological polar surface area (TPSA) is 27.1 Å². The maximum absolute atomic E-state index is 13.9. The van der Waals surface area contributed by atoms with E-state index >= 15 is 0 Å². The normalized spacial score (nSPS) is 18.1. The van der Waals surface area contributed by atoms with Crippen molar-refractivity contribution in [2.75, 3.05) is 13.2 Å². The third kappa shape index (κ3) is 3.04. The van der Waals surface area contributed by atoms with Gasteiger partial charge in [0.2, 0.25) is 0 Å². The van der Waals surface area contributed by atoms with Gasteiger partial charge in [0.05, 0.1) is 23.2 Å². The molecule has 3 rings (SSSR count). The lowest BCUT2D eigenvalue weighted by molar-refractivity contribution is 0.182. The minimum absolute atomic E-state index is 0.217. The smallest absolute Gasteiger partial charge is 0.135 e. The largest absolute Gasteiger partial charge is 0.381 e. The number of benzene rings is 1. The van der Waals surface area contributed by atoms with Crippen LogP contribution in [0.5, 0.6) is 0 Å². The molecule has 0 bridgehead atoms. The van der Waals surface area contributed by atoms with E-state index in [-0.39, 0.29) is 5.82 Å². The van der Waals surface area contributed by atoms with Gasteiger partial charge in [0.15, 0.2) is 0 Å². The van der Waals surface area contributed by atoms with Crippen LogP contribution < -0.4 is 0 Å². The molecule has 0 saturated carbocycles. The first-order valence-corrected chi connectivity index (χ1v) is 7.84. The van der Waals surface area contributed by atoms with E-state index < -0.39 is 0 Å². The Kier molecular flexibility index (Phi) is 5.16. The van der Waals surface area contributed by atoms with Gasteiger partial charge in [0.1, 0.15) is 5.82 Å². The van der Waals surface area contributed by atoms with Gasteiger partial charge in [-0.25, -0.2) is 4.39 Å². The van der Waals surface area contributed by atoms with Gasteiger partial charge < -0.3 is 4.74 Å². The number of aryl methyl sites for hydroxylation is 1. The van der Waals surface area contributed by atoms with E-state index in [0.717, 1.165) is 41.9 Å². The van der Waals surface area contributed by atoms with Crippen molar-refractivity contribution in [1.29, 1.82) is 0 Å². The summed E-state index contributed by atoms with van der Waals surface area (Å²) in [7, 11) is 0. The third-order valence-electron chi connectivity index (χ3n) is 3.40. The second kappa shape index (κ2) is 6.68. The molecule has 1 aromatic carbocycles. The minimum Gasteiger partial charge on any atom is -0.381 e. The maximum Gasteiger partial charge on any atom is 0.135 e. The molecule has 0 spiro atoms. The lowest BCUT2D eigenvalue weighted by Gasteiger charge is -2.08. The molecule has 1 fully saturated rings. The number of hydrogen-bond acceptors (Lipinski definition) is 2. The van der Waals surface area contributed by atoms with Crippen LogP contribution >= 0.6 is 15.9 Å². The van der Waals surface area contributed by atoms with Crippen molar-refractivity contribution in [3.63, 3.8) is 0 Å². The van der Waals surface area contributed by atoms with Crippen molar-refractivity contribution in [3.8, 4) is 0 Å². The highest BCUT2D eigenvalue weighted by Crippen LogP contribution is 2.27. The summed E-state index contributed by atoms with van der Waals surface area (Å²) in [6.45, 7) is 8.24. The number of ether oxygens (including phenoxy) is 1. The lowest BCUT2D eigenvalue weighted by Crippen LogP contribution is -2.11. The molecule has 0 radical (unpaired) electrons. The Morgan fingerprint density at radius 1 is 1.45 bits per heavy atom. The molecule has 0 amide bonds. The summed E-state index contributed by atoms with van der Waals surface area (Å²) in [5.74, 6) is 0.264. The predicted octanol–water partition coefficient (Wildman–Crippen LogP) is 4.31. The lowest BCUT2D eigenvalue weighted by atomic mass is 10.1. The fourth-order valence-corrected chi connectivity index (χ4v) is 2.94. The van der Waals surface area contributed by atoms with E-state index in [1.165, 1.54) is 6.07 Å². The molecule has 1 saturated heterocycles. The highest BCUT2D eigenvalue weighted by Gasteiger charge is 2.19. The molecule has 1 aromatic heterocycles. The molecule has 5 heteroatoms. The summed E-state index contributed by atoms with van der Waals surface area (Å²) in [6, 6.07) is 3.41. The molecule has 3 nitrogen and oxygen atoms in total. The fourth-order valence-electron chi connectivity index (χ4n) is 2.52. The van der Waals surface area contributed by atoms with Crippen LogP contribution in [-0.4, -0.2) is 23.0 Å². The van der Waals surface area contributed by atoms with Crippen molar-refractivity contribution in [1.82, 2.24) is 9.78 Å². The van der Waals surface area contributed by atoms with Crippen molar-refractivity contribution < 1.29 is 9.13 Å². The summed E-state index contributed by atoms with van der Waals surface area (Å²) >= 11 is 3.33. The molecular weight excluding hydrogens is 323 g/mol. The van der Waals surface area contributed by atoms with E-state index in [2.05, 4.69) is 21.0 Å². The number of hydrogen-bond donors (Lipinski definition) is 0. The molecule has 1 aliphatic heterocycles. The first kappa shape index (κ1) is 15.4. The zero-order valence-electron chi connectivity index (χ0n) is 12.1. The summed E-state index contributed by atoms with van der Waals surface area (Å²) in [4.78, 5) is 0. The quantitative estimate of drug-likeness (QED) is 0.813. The Morgan fingerprint density at radius 3 is 2.85 bits per heavy atom. The number of rotatable bonds is 2. The van der Waals surface area contributed by atoms with Crippen LogP contribution in [0.4, 0.5) is 4.39 Å². The first-order chi connectivity index (χ1) is 9.65. The van der Waals surface area contributed by atoms with Crippen molar-refractivity contribution in [3.05, 3.63) is 28.1 Å². The Morgan fingerprint density at radius 2 is 2.20 bits per heavy atom. The van der Waals surface area contributed by atoms with E-state index in [9.17, 15) is 4.39 Å². The van der Waals surface area contributed by atoms with Crippen molar-refractivity contribution in [2.45, 2.75) is 33.7 Å². The van der Waals surface area contributed by atoms with Gasteiger partial charge in [-0.1, -0.05) is 29.8 Å². The van der Waals surface area contributed by atoms with Crippen LogP contribution in [-0.2, 0) is 11.3 Å². The van der Waals surface area contributed by atoms with Crippen LogP contribution in [0.1, 0.15) is 26.0 Å². The molecular formula is C15H20BrFN2O. The monoisotopic (exact) mass is 342 g/mol. The summed E-state index contributed by atoms with van der Waals surface area (Å²) in [6.07, 6.45) is 1.05. The third-order valence-corrected chi connectivity index (χ3v) is 3.86. The van der Waals surface area contributed by atoms with Crippen LogP contribution in [0.3, 0.4) is 0 Å². The molecule has 0 aliphatic carbocycles. The molecule has 110 valence electrons. The Hall–Kier alpha value is -0.940. The SMILES string of the molecule is CC.Cc1nn(CC2CCOC2)c2cc(Br)cc(F)c12. The van der Waals surface area contributed by atoms with Gasteiger partial charge in [-0.2, -0.15) is 5.10 Å². The molecule has 1 unspecified atom stereocenters. The zero-order chi connectivity index (χ0) is 14.7. The van der Waals surface area contributed by atoms with Crippen LogP contribution in [0.25, 0.3) is 10.9 Å². The minimum atomic E-state index is -0.217. The molecule has 0 N–H and O–H groups in total. The number of halogens is 2. The van der Waals surface area contributed by atoms with E-state index in [1.807, 2.05) is 31.5 Å². The van der Waals surface area contributed by atoms with E-state index in [0.29, 0.717) is 11.3 Å². The number of aromatic nitrogens is 2. The molecule has 2 aromatic rings. The molecule has 20 heavy (non-hydrogen) atoms. The molecule has 2 heterocycles. The second-order valence-electron chi connectivity index (χ2n) is 4.78. The van der Waals surface area contributed by atoms with Gasteiger partial charge in [-0.05, 0) is 25.5 Å². The number of nitrogens with zero attached hydrogens (tertiary/aromatic N) is 2. The second-order valence-corrected chi connectivity index (χ2v) is 5.69. The predicted molar refractivity (Wildman–Crippen MR) is 82.4 cm³/mol. The van der Waals surface area contributed by atoms with Gasteiger partial charge in [0, 0.05) is 23.5 Å². The van der Waals surface area contributed by atoms with E-state index in [4.69, 9.17) is 4.74 Å². The van der Waals surface area contributed by atoms with E-state index in [1.54, 1.807) is 0 Å². The van der Waals surface area contributed by atoms with Crippen molar-refractivity contribution in [2.24, 2.45) is 5.92 Å². The zero-order valence-corrected chi connectivity index (χ0v) is 13.7. The Bertz CT molecular complexity index is 591. The first-order valence-electron chi connectivity index (χ1n) is 7.05. The van der Waals surface area contributed by atoms with Crippen molar-refractivity contribution >= 4 is 26.8 Å². The fraction of sp³-hybridized carbons (Fsp3) is 0.533. The van der Waals surface area contributed by atoms with Crippen LogP contribution in [0, 0.1) is 18.7 Å². The maximum atomic E-state index is 13.9. The van der Waals surface area contributed by atoms with Gasteiger partial charge in [-0.15, -0.1) is 0 Å². The highest BCUT2D eigenvalue weighted by atomic mass is 79.9. The summed E-state index contributed by atoms with van der Waals surface area (Å²) < 4.78 is 21.9. The molecule has 1 aliphatic rings. The van der Waals surface area contributed by atoms with Crippen LogP contribution in [0.2, 0.25) is 0 Å². The number of fused-ring (bicyclic) bond motifs is 1. The average molecular weight is 343 g/mol. The standard InChI is InChI=1S/C13H14BrFN2O.C2H6/c1-8-13-11(15)4-10(14)5-12(13)17(16-8)6-9-2-3-18-7-9;1-2/h4-5,9H,2-3,6-7H2,1H3;1-2H3. The average Bonchev–Trinajstić information content (AvgIpc) is 3.01. The van der Waals surface area contributed by atoms with Gasteiger partial charge in [0.25, 0.3) is 0 Å².